The SMILES string of the molecule is CCOc1ccccc1N1CCN(C(=O)[C@@H](C)Oc2cccc(Cl)c2)CC1. The highest BCUT2D eigenvalue weighted by atomic mass is 35.5. The van der Waals surface area contributed by atoms with Crippen molar-refractivity contribution in [2.45, 2.75) is 20.0 Å². The molecule has 0 aliphatic carbocycles. The van der Waals surface area contributed by atoms with Gasteiger partial charge in [0.25, 0.3) is 5.91 Å². The van der Waals surface area contributed by atoms with Crippen LogP contribution < -0.4 is 14.4 Å². The molecule has 1 aliphatic heterocycles. The van der Waals surface area contributed by atoms with Crippen molar-refractivity contribution in [3.05, 3.63) is 53.6 Å². The minimum Gasteiger partial charge on any atom is -0.492 e. The van der Waals surface area contributed by atoms with Crippen LogP contribution in [0.5, 0.6) is 11.5 Å². The molecule has 1 aliphatic rings. The first kappa shape index (κ1) is 19.4. The molecule has 0 saturated carbocycles. The van der Waals surface area contributed by atoms with Gasteiger partial charge in [0, 0.05) is 31.2 Å². The molecular formula is C21H25ClN2O3. The van der Waals surface area contributed by atoms with E-state index in [-0.39, 0.29) is 5.91 Å². The molecule has 5 nitrogen and oxygen atoms in total. The van der Waals surface area contributed by atoms with E-state index in [4.69, 9.17) is 21.1 Å². The van der Waals surface area contributed by atoms with Gasteiger partial charge < -0.3 is 19.3 Å². The number of ether oxygens (including phenoxy) is 2. The standard InChI is InChI=1S/C21H25ClN2O3/c1-3-26-20-10-5-4-9-19(20)23-11-13-24(14-12-23)21(25)16(2)27-18-8-6-7-17(22)15-18/h4-10,15-16H,3,11-14H2,1-2H3/t16-/m1/s1. The lowest BCUT2D eigenvalue weighted by Crippen LogP contribution is -2.52. The lowest BCUT2D eigenvalue weighted by molar-refractivity contribution is -0.138. The first-order valence-electron chi connectivity index (χ1n) is 9.26. The van der Waals surface area contributed by atoms with Crippen molar-refractivity contribution < 1.29 is 14.3 Å². The third kappa shape index (κ3) is 4.86. The van der Waals surface area contributed by atoms with E-state index in [9.17, 15) is 4.79 Å². The van der Waals surface area contributed by atoms with Crippen molar-refractivity contribution in [3.63, 3.8) is 0 Å². The van der Waals surface area contributed by atoms with Crippen molar-refractivity contribution in [1.29, 1.82) is 0 Å². The monoisotopic (exact) mass is 388 g/mol. The third-order valence-electron chi connectivity index (χ3n) is 4.55. The van der Waals surface area contributed by atoms with E-state index in [2.05, 4.69) is 11.0 Å². The van der Waals surface area contributed by atoms with Gasteiger partial charge in [-0.3, -0.25) is 4.79 Å². The average molecular weight is 389 g/mol. The van der Waals surface area contributed by atoms with Crippen molar-refractivity contribution in [2.75, 3.05) is 37.7 Å². The quantitative estimate of drug-likeness (QED) is 0.753. The zero-order valence-electron chi connectivity index (χ0n) is 15.7. The Bertz CT molecular complexity index is 776. The second kappa shape index (κ2) is 9.00. The molecule has 1 atom stereocenters. The van der Waals surface area contributed by atoms with Crippen LogP contribution in [-0.4, -0.2) is 49.7 Å². The van der Waals surface area contributed by atoms with Crippen LogP contribution in [0.3, 0.4) is 0 Å². The smallest absolute Gasteiger partial charge is 0.263 e. The Morgan fingerprint density at radius 1 is 1.11 bits per heavy atom. The highest BCUT2D eigenvalue weighted by Crippen LogP contribution is 2.29. The number of benzene rings is 2. The van der Waals surface area contributed by atoms with Gasteiger partial charge in [-0.2, -0.15) is 0 Å². The fraction of sp³-hybridized carbons (Fsp3) is 0.381. The summed E-state index contributed by atoms with van der Waals surface area (Å²) in [4.78, 5) is 16.8. The van der Waals surface area contributed by atoms with Crippen LogP contribution in [0, 0.1) is 0 Å². The number of piperazine rings is 1. The molecule has 1 amide bonds. The molecule has 0 spiro atoms. The molecule has 3 rings (SSSR count). The Labute approximate surface area is 165 Å². The minimum absolute atomic E-state index is 0.00674. The molecule has 0 radical (unpaired) electrons. The molecule has 0 aromatic heterocycles. The number of rotatable bonds is 6. The van der Waals surface area contributed by atoms with Gasteiger partial charge in [-0.25, -0.2) is 0 Å². The Morgan fingerprint density at radius 3 is 2.56 bits per heavy atom. The van der Waals surface area contributed by atoms with E-state index >= 15 is 0 Å². The van der Waals surface area contributed by atoms with Crippen molar-refractivity contribution >= 4 is 23.2 Å². The second-order valence-electron chi connectivity index (χ2n) is 6.43. The van der Waals surface area contributed by atoms with Gasteiger partial charge in [-0.05, 0) is 44.2 Å². The highest BCUT2D eigenvalue weighted by molar-refractivity contribution is 6.30. The van der Waals surface area contributed by atoms with Gasteiger partial charge in [-0.1, -0.05) is 29.8 Å². The molecule has 0 unspecified atom stereocenters. The molecule has 0 N–H and O–H groups in total. The molecule has 1 saturated heterocycles. The number of para-hydroxylation sites is 2. The van der Waals surface area contributed by atoms with Gasteiger partial charge in [0.15, 0.2) is 6.10 Å². The van der Waals surface area contributed by atoms with Crippen LogP contribution >= 0.6 is 11.6 Å². The number of hydrogen-bond donors (Lipinski definition) is 0. The molecule has 2 aromatic rings. The molecule has 144 valence electrons. The normalized spacial score (nSPS) is 15.4. The van der Waals surface area contributed by atoms with Gasteiger partial charge in [0.05, 0.1) is 12.3 Å². The van der Waals surface area contributed by atoms with Crippen LogP contribution in [0.4, 0.5) is 5.69 Å². The lowest BCUT2D eigenvalue weighted by atomic mass is 10.2. The first-order valence-corrected chi connectivity index (χ1v) is 9.64. The van der Waals surface area contributed by atoms with Crippen molar-refractivity contribution in [3.8, 4) is 11.5 Å². The topological polar surface area (TPSA) is 42.0 Å². The van der Waals surface area contributed by atoms with Gasteiger partial charge in [-0.15, -0.1) is 0 Å². The summed E-state index contributed by atoms with van der Waals surface area (Å²) in [6, 6.07) is 15.1. The van der Waals surface area contributed by atoms with Crippen molar-refractivity contribution in [2.24, 2.45) is 0 Å². The molecule has 1 fully saturated rings. The fourth-order valence-corrected chi connectivity index (χ4v) is 3.40. The number of hydrogen-bond acceptors (Lipinski definition) is 4. The van der Waals surface area contributed by atoms with E-state index < -0.39 is 6.10 Å². The summed E-state index contributed by atoms with van der Waals surface area (Å²) in [5.41, 5.74) is 1.08. The molecule has 1 heterocycles. The van der Waals surface area contributed by atoms with Crippen LogP contribution in [0.25, 0.3) is 0 Å². The summed E-state index contributed by atoms with van der Waals surface area (Å²) < 4.78 is 11.5. The maximum atomic E-state index is 12.7. The number of nitrogens with zero attached hydrogens (tertiary/aromatic N) is 2. The van der Waals surface area contributed by atoms with E-state index in [0.29, 0.717) is 30.5 Å². The van der Waals surface area contributed by atoms with E-state index in [1.54, 1.807) is 25.1 Å². The summed E-state index contributed by atoms with van der Waals surface area (Å²) in [7, 11) is 0. The Morgan fingerprint density at radius 2 is 1.85 bits per heavy atom. The van der Waals surface area contributed by atoms with Crippen LogP contribution in [-0.2, 0) is 4.79 Å². The second-order valence-corrected chi connectivity index (χ2v) is 6.87. The maximum absolute atomic E-state index is 12.7. The number of halogens is 1. The van der Waals surface area contributed by atoms with Crippen molar-refractivity contribution in [1.82, 2.24) is 4.90 Å². The molecule has 0 bridgehead atoms. The molecule has 6 heteroatoms. The summed E-state index contributed by atoms with van der Waals surface area (Å²) >= 11 is 5.97. The number of carbonyl (C=O) groups is 1. The van der Waals surface area contributed by atoms with Gasteiger partial charge in [0.2, 0.25) is 0 Å². The first-order chi connectivity index (χ1) is 13.1. The third-order valence-corrected chi connectivity index (χ3v) is 4.79. The summed E-state index contributed by atoms with van der Waals surface area (Å²) in [5.74, 6) is 1.48. The lowest BCUT2D eigenvalue weighted by Gasteiger charge is -2.37. The van der Waals surface area contributed by atoms with Crippen LogP contribution in [0.2, 0.25) is 5.02 Å². The van der Waals surface area contributed by atoms with E-state index in [0.717, 1.165) is 24.5 Å². The number of amides is 1. The van der Waals surface area contributed by atoms with Gasteiger partial charge in [0.1, 0.15) is 11.5 Å². The molecular weight excluding hydrogens is 364 g/mol. The predicted molar refractivity (Wildman–Crippen MR) is 108 cm³/mol. The predicted octanol–water partition coefficient (Wildman–Crippen LogP) is 3.85. The Kier molecular flexibility index (Phi) is 6.45. The minimum atomic E-state index is -0.550. The average Bonchev–Trinajstić information content (AvgIpc) is 2.68. The zero-order valence-corrected chi connectivity index (χ0v) is 16.5. The largest absolute Gasteiger partial charge is 0.492 e. The van der Waals surface area contributed by atoms with Crippen LogP contribution in [0.15, 0.2) is 48.5 Å². The van der Waals surface area contributed by atoms with Crippen LogP contribution in [0.1, 0.15) is 13.8 Å². The number of anilines is 1. The van der Waals surface area contributed by atoms with Gasteiger partial charge >= 0.3 is 0 Å². The Balaban J connectivity index is 1.58. The molecule has 27 heavy (non-hydrogen) atoms. The summed E-state index contributed by atoms with van der Waals surface area (Å²) in [5, 5.41) is 0.591. The number of carbonyl (C=O) groups excluding carboxylic acids is 1. The zero-order chi connectivity index (χ0) is 19.2. The fourth-order valence-electron chi connectivity index (χ4n) is 3.22. The summed E-state index contributed by atoms with van der Waals surface area (Å²) in [6.45, 7) is 7.23. The molecule has 2 aromatic carbocycles. The Hall–Kier alpha value is -2.40. The van der Waals surface area contributed by atoms with E-state index in [1.807, 2.05) is 36.1 Å². The summed E-state index contributed by atoms with van der Waals surface area (Å²) in [6.07, 6.45) is -0.550. The van der Waals surface area contributed by atoms with E-state index in [1.165, 1.54) is 0 Å². The maximum Gasteiger partial charge on any atom is 0.263 e. The highest BCUT2D eigenvalue weighted by Gasteiger charge is 2.27.